The van der Waals surface area contributed by atoms with Crippen molar-refractivity contribution in [2.24, 2.45) is 0 Å². The first-order valence-electron chi connectivity index (χ1n) is 11.2. The lowest BCUT2D eigenvalue weighted by molar-refractivity contribution is 0.261. The van der Waals surface area contributed by atoms with Crippen molar-refractivity contribution >= 4 is 33.2 Å². The van der Waals surface area contributed by atoms with Gasteiger partial charge in [-0.15, -0.1) is 5.10 Å². The van der Waals surface area contributed by atoms with Gasteiger partial charge in [0.05, 0.1) is 19.4 Å². The zero-order valence-corrected chi connectivity index (χ0v) is 19.9. The van der Waals surface area contributed by atoms with Gasteiger partial charge in [-0.05, 0) is 44.0 Å². The highest BCUT2D eigenvalue weighted by atomic mass is 32.3. The van der Waals surface area contributed by atoms with E-state index in [1.165, 1.54) is 27.5 Å². The smallest absolute Gasteiger partial charge is 0.449 e. The third-order valence-corrected chi connectivity index (χ3v) is 6.67. The molecule has 186 valence electrons. The highest BCUT2D eigenvalue weighted by molar-refractivity contribution is 7.82. The second-order valence-corrected chi connectivity index (χ2v) is 9.67. The molecule has 1 saturated carbocycles. The number of nitrogens with zero attached hydrogens (tertiary/aromatic N) is 6. The van der Waals surface area contributed by atoms with Crippen LogP contribution in [0, 0.1) is 6.92 Å². The Morgan fingerprint density at radius 3 is 2.61 bits per heavy atom. The largest absolute Gasteiger partial charge is 0.461 e. The van der Waals surface area contributed by atoms with Crippen molar-refractivity contribution in [3.8, 4) is 17.3 Å². The number of rotatable bonds is 8. The first kappa shape index (κ1) is 22.3. The Kier molecular flexibility index (Phi) is 5.08. The zero-order chi connectivity index (χ0) is 25.0. The Hall–Kier alpha value is -4.17. The van der Waals surface area contributed by atoms with Crippen LogP contribution in [0.1, 0.15) is 24.4 Å². The van der Waals surface area contributed by atoms with Crippen molar-refractivity contribution in [1.29, 1.82) is 0 Å². The number of fused-ring (bicyclic) bond motifs is 3. The second-order valence-electron chi connectivity index (χ2n) is 8.45. The molecule has 0 bridgehead atoms. The summed E-state index contributed by atoms with van der Waals surface area (Å²) >= 11 is 0. The molecule has 5 aromatic rings. The summed E-state index contributed by atoms with van der Waals surface area (Å²) in [6.07, 6.45) is 3.15. The summed E-state index contributed by atoms with van der Waals surface area (Å²) < 4.78 is 44.2. The molecule has 1 aliphatic carbocycles. The topological polar surface area (TPSA) is 162 Å². The van der Waals surface area contributed by atoms with Gasteiger partial charge in [-0.1, -0.05) is 17.7 Å². The summed E-state index contributed by atoms with van der Waals surface area (Å²) in [5.74, 6) is 0.879. The summed E-state index contributed by atoms with van der Waals surface area (Å²) in [6.45, 7) is 1.42. The molecular formula is C22H21N7O6S. The van der Waals surface area contributed by atoms with E-state index in [1.54, 1.807) is 28.8 Å². The molecule has 0 spiro atoms. The van der Waals surface area contributed by atoms with Crippen LogP contribution in [0.5, 0.6) is 5.75 Å². The van der Waals surface area contributed by atoms with Gasteiger partial charge in [-0.2, -0.15) is 17.9 Å². The molecule has 13 nitrogen and oxygen atoms in total. The van der Waals surface area contributed by atoms with Crippen LogP contribution in [0.2, 0.25) is 0 Å². The summed E-state index contributed by atoms with van der Waals surface area (Å²) in [5.41, 5.74) is 7.81. The third kappa shape index (κ3) is 3.89. The van der Waals surface area contributed by atoms with Gasteiger partial charge < -0.3 is 14.3 Å². The van der Waals surface area contributed by atoms with Gasteiger partial charge in [0.2, 0.25) is 11.8 Å². The van der Waals surface area contributed by atoms with Crippen molar-refractivity contribution in [3.63, 3.8) is 0 Å². The van der Waals surface area contributed by atoms with Crippen LogP contribution in [0.15, 0.2) is 51.9 Å². The van der Waals surface area contributed by atoms with E-state index in [-0.39, 0.29) is 42.2 Å². The zero-order valence-electron chi connectivity index (χ0n) is 19.1. The van der Waals surface area contributed by atoms with Gasteiger partial charge in [0, 0.05) is 6.04 Å². The molecule has 0 amide bonds. The molecule has 36 heavy (non-hydrogen) atoms. The van der Waals surface area contributed by atoms with E-state index in [9.17, 15) is 13.2 Å². The first-order valence-corrected chi connectivity index (χ1v) is 12.5. The van der Waals surface area contributed by atoms with E-state index in [4.69, 9.17) is 18.5 Å². The van der Waals surface area contributed by atoms with Gasteiger partial charge in [0.1, 0.15) is 11.3 Å². The number of hydrogen-bond acceptors (Lipinski definition) is 10. The van der Waals surface area contributed by atoms with Crippen molar-refractivity contribution in [1.82, 2.24) is 28.7 Å². The Balaban J connectivity index is 1.34. The highest BCUT2D eigenvalue weighted by Crippen LogP contribution is 2.37. The minimum Gasteiger partial charge on any atom is -0.461 e. The third-order valence-electron chi connectivity index (χ3n) is 5.82. The van der Waals surface area contributed by atoms with Crippen LogP contribution in [0.25, 0.3) is 28.4 Å². The minimum atomic E-state index is -4.35. The van der Waals surface area contributed by atoms with E-state index in [0.717, 1.165) is 18.4 Å². The van der Waals surface area contributed by atoms with Crippen molar-refractivity contribution in [3.05, 3.63) is 58.7 Å². The lowest BCUT2D eigenvalue weighted by Gasteiger charge is -2.08. The number of benzene rings is 1. The molecule has 1 aliphatic rings. The first-order chi connectivity index (χ1) is 17.3. The van der Waals surface area contributed by atoms with Gasteiger partial charge in [-0.25, -0.2) is 14.0 Å². The molecule has 0 radical (unpaired) electrons. The average Bonchev–Trinajstić information content (AvgIpc) is 3.24. The van der Waals surface area contributed by atoms with E-state index in [1.807, 2.05) is 6.92 Å². The number of furan rings is 1. The normalized spacial score (nSPS) is 14.1. The Morgan fingerprint density at radius 2 is 1.92 bits per heavy atom. The van der Waals surface area contributed by atoms with Crippen LogP contribution in [0.3, 0.4) is 0 Å². The number of nitrogen functional groups attached to an aromatic ring is 1. The fourth-order valence-electron chi connectivity index (χ4n) is 4.00. The number of aryl methyl sites for hydroxylation is 1. The van der Waals surface area contributed by atoms with E-state index in [0.29, 0.717) is 22.7 Å². The molecule has 4 heterocycles. The van der Waals surface area contributed by atoms with Gasteiger partial charge in [0.15, 0.2) is 17.1 Å². The number of imidazole rings is 1. The van der Waals surface area contributed by atoms with E-state index < -0.39 is 10.4 Å². The Morgan fingerprint density at radius 1 is 1.14 bits per heavy atom. The lowest BCUT2D eigenvalue weighted by atomic mass is 10.2. The molecular weight excluding hydrogens is 490 g/mol. The molecule has 6 rings (SSSR count). The Bertz CT molecular complexity index is 1750. The maximum Gasteiger partial charge on any atom is 0.449 e. The van der Waals surface area contributed by atoms with Gasteiger partial charge >= 0.3 is 16.1 Å². The molecule has 4 aromatic heterocycles. The quantitative estimate of drug-likeness (QED) is 0.326. The molecule has 0 unspecified atom stereocenters. The molecule has 0 atom stereocenters. The number of nitrogens with two attached hydrogens (primary N) is 1. The summed E-state index contributed by atoms with van der Waals surface area (Å²) in [7, 11) is -4.35. The van der Waals surface area contributed by atoms with Crippen LogP contribution in [-0.2, 0) is 21.1 Å². The molecule has 2 N–H and O–H groups in total. The van der Waals surface area contributed by atoms with E-state index in [2.05, 4.69) is 15.1 Å². The fraction of sp³-hybridized carbons (Fsp3) is 0.273. The second kappa shape index (κ2) is 8.20. The van der Waals surface area contributed by atoms with Crippen LogP contribution in [0.4, 0.5) is 5.95 Å². The maximum absolute atomic E-state index is 13.4. The fourth-order valence-corrected chi connectivity index (χ4v) is 4.68. The summed E-state index contributed by atoms with van der Waals surface area (Å²) in [5, 5.41) is 4.38. The molecule has 1 fully saturated rings. The number of anilines is 1. The van der Waals surface area contributed by atoms with Gasteiger partial charge in [-0.3, -0.25) is 9.13 Å². The highest BCUT2D eigenvalue weighted by Gasteiger charge is 2.32. The van der Waals surface area contributed by atoms with Crippen LogP contribution >= 0.6 is 0 Å². The monoisotopic (exact) mass is 511 g/mol. The molecule has 1 aromatic carbocycles. The minimum absolute atomic E-state index is 0.0146. The standard InChI is InChI=1S/C22H21N7O6S/c1-13-4-8-15(9-5-13)35-36(31,32)34-12-10-27-19-17(28(22(27)30)14-6-7-14)20-24-18(16-3-2-11-33-16)26-29(20)21(23)25-19/h2-5,8-9,11,14H,6-7,10,12H2,1H3,(H2,23,25). The molecule has 0 saturated heterocycles. The molecule has 0 aliphatic heterocycles. The van der Waals surface area contributed by atoms with Crippen LogP contribution in [-0.4, -0.2) is 43.7 Å². The maximum atomic E-state index is 13.4. The SMILES string of the molecule is Cc1ccc(OS(=O)(=O)OCCn2c(=O)n(C3CC3)c3c2nc(N)n2nc(-c4ccco4)nc32)cc1. The predicted octanol–water partition coefficient (Wildman–Crippen LogP) is 2.07. The van der Waals surface area contributed by atoms with Crippen molar-refractivity contribution < 1.29 is 21.2 Å². The lowest BCUT2D eigenvalue weighted by Crippen LogP contribution is -2.26. The van der Waals surface area contributed by atoms with Crippen LogP contribution < -0.4 is 15.6 Å². The Labute approximate surface area is 204 Å². The number of hydrogen-bond donors (Lipinski definition) is 1. The van der Waals surface area contributed by atoms with Crippen molar-refractivity contribution in [2.45, 2.75) is 32.4 Å². The summed E-state index contributed by atoms with van der Waals surface area (Å²) in [6, 6.07) is 9.89. The molecule has 14 heteroatoms. The van der Waals surface area contributed by atoms with Crippen molar-refractivity contribution in [2.75, 3.05) is 12.3 Å². The average molecular weight is 512 g/mol. The predicted molar refractivity (Wildman–Crippen MR) is 128 cm³/mol. The summed E-state index contributed by atoms with van der Waals surface area (Å²) in [4.78, 5) is 22.3. The number of aromatic nitrogens is 6. The van der Waals surface area contributed by atoms with E-state index >= 15 is 0 Å². The van der Waals surface area contributed by atoms with Gasteiger partial charge in [0.25, 0.3) is 0 Å².